The Morgan fingerprint density at radius 1 is 1.12 bits per heavy atom. The smallest absolute Gasteiger partial charge is 0.351 e. The van der Waals surface area contributed by atoms with Gasteiger partial charge in [-0.15, -0.1) is 0 Å². The Morgan fingerprint density at radius 2 is 1.73 bits per heavy atom. The molecule has 134 valence electrons. The molecule has 2 aromatic carbocycles. The van der Waals surface area contributed by atoms with Gasteiger partial charge in [-0.2, -0.15) is 5.26 Å². The van der Waals surface area contributed by atoms with Crippen molar-refractivity contribution in [3.8, 4) is 6.07 Å². The first-order chi connectivity index (χ1) is 12.4. The van der Waals surface area contributed by atoms with Gasteiger partial charge in [-0.25, -0.2) is 13.2 Å². The van der Waals surface area contributed by atoms with Crippen LogP contribution >= 0.6 is 0 Å². The molecule has 0 heterocycles. The van der Waals surface area contributed by atoms with Crippen molar-refractivity contribution in [2.75, 3.05) is 6.61 Å². The maximum atomic E-state index is 12.7. The van der Waals surface area contributed by atoms with E-state index in [1.807, 2.05) is 6.92 Å². The van der Waals surface area contributed by atoms with Gasteiger partial charge in [0.05, 0.1) is 17.2 Å². The van der Waals surface area contributed by atoms with E-state index in [9.17, 15) is 18.5 Å². The van der Waals surface area contributed by atoms with E-state index < -0.39 is 21.6 Å². The molecule has 0 atom stereocenters. The summed E-state index contributed by atoms with van der Waals surface area (Å²) in [6, 6.07) is 16.3. The average Bonchev–Trinajstić information content (AvgIpc) is 2.63. The molecule has 0 bridgehead atoms. The lowest BCUT2D eigenvalue weighted by atomic mass is 10.1. The highest BCUT2D eigenvalue weighted by Gasteiger charge is 2.23. The van der Waals surface area contributed by atoms with Crippen LogP contribution in [0.15, 0.2) is 65.1 Å². The fraction of sp³-hybridized carbons (Fsp3) is 0.158. The Balaban J connectivity index is 2.57. The minimum atomic E-state index is -3.99. The number of rotatable bonds is 6. The van der Waals surface area contributed by atoms with Gasteiger partial charge in [-0.1, -0.05) is 48.0 Å². The summed E-state index contributed by atoms with van der Waals surface area (Å²) in [4.78, 5) is 12.1. The van der Waals surface area contributed by atoms with Crippen LogP contribution < -0.4 is 4.72 Å². The van der Waals surface area contributed by atoms with Crippen molar-refractivity contribution >= 4 is 21.7 Å². The molecule has 0 aromatic heterocycles. The van der Waals surface area contributed by atoms with E-state index in [-0.39, 0.29) is 17.2 Å². The molecule has 1 N–H and O–H groups in total. The number of carbonyl (C=O) groups excluding carboxylic acids is 1. The first kappa shape index (κ1) is 19.2. The summed E-state index contributed by atoms with van der Waals surface area (Å²) in [5.41, 5.74) is 0.765. The Morgan fingerprint density at radius 3 is 2.27 bits per heavy atom. The number of hydrogen-bond donors (Lipinski definition) is 1. The number of hydrogen-bond acceptors (Lipinski definition) is 5. The van der Waals surface area contributed by atoms with E-state index in [1.54, 1.807) is 55.5 Å². The predicted molar refractivity (Wildman–Crippen MR) is 97.1 cm³/mol. The fourth-order valence-corrected chi connectivity index (χ4v) is 3.28. The minimum absolute atomic E-state index is 0.0256. The van der Waals surface area contributed by atoms with E-state index >= 15 is 0 Å². The van der Waals surface area contributed by atoms with Gasteiger partial charge in [-0.05, 0) is 26.0 Å². The molecule has 0 amide bonds. The summed E-state index contributed by atoms with van der Waals surface area (Å²) in [6.07, 6.45) is 0. The third-order valence-electron chi connectivity index (χ3n) is 3.47. The van der Waals surface area contributed by atoms with Gasteiger partial charge in [0.25, 0.3) is 10.0 Å². The molecule has 0 aliphatic heterocycles. The standard InChI is InChI=1S/C19H18N2O4S/c1-3-25-19(22)17(13-20)18(15-7-5-4-6-8-15)21-26(23,24)16-11-9-14(2)10-12-16/h4-12,21H,3H2,1-2H3/b18-17-. The monoisotopic (exact) mass is 370 g/mol. The Labute approximate surface area is 152 Å². The normalized spacial score (nSPS) is 11.9. The molecule has 0 aliphatic carbocycles. The van der Waals surface area contributed by atoms with Gasteiger partial charge in [0.15, 0.2) is 5.57 Å². The second kappa shape index (κ2) is 8.32. The molecule has 26 heavy (non-hydrogen) atoms. The van der Waals surface area contributed by atoms with E-state index in [2.05, 4.69) is 4.72 Å². The van der Waals surface area contributed by atoms with E-state index in [1.165, 1.54) is 12.1 Å². The van der Waals surface area contributed by atoms with Gasteiger partial charge in [0.1, 0.15) is 6.07 Å². The minimum Gasteiger partial charge on any atom is -0.462 e. The zero-order chi connectivity index (χ0) is 19.2. The first-order valence-electron chi connectivity index (χ1n) is 7.85. The number of sulfonamides is 1. The zero-order valence-corrected chi connectivity index (χ0v) is 15.2. The van der Waals surface area contributed by atoms with Crippen LogP contribution in [0.25, 0.3) is 5.70 Å². The maximum Gasteiger partial charge on any atom is 0.351 e. The Kier molecular flexibility index (Phi) is 6.15. The Bertz CT molecular complexity index is 957. The number of carbonyl (C=O) groups is 1. The highest BCUT2D eigenvalue weighted by molar-refractivity contribution is 7.89. The lowest BCUT2D eigenvalue weighted by Crippen LogP contribution is -2.25. The number of nitrogens with zero attached hydrogens (tertiary/aromatic N) is 1. The van der Waals surface area contributed by atoms with Gasteiger partial charge < -0.3 is 4.74 Å². The first-order valence-corrected chi connectivity index (χ1v) is 9.33. The zero-order valence-electron chi connectivity index (χ0n) is 14.4. The second-order valence-corrected chi connectivity index (χ2v) is 7.05. The van der Waals surface area contributed by atoms with Crippen LogP contribution in [0, 0.1) is 18.3 Å². The van der Waals surface area contributed by atoms with E-state index in [0.717, 1.165) is 5.56 Å². The van der Waals surface area contributed by atoms with Crippen LogP contribution in [0.2, 0.25) is 0 Å². The third-order valence-corrected chi connectivity index (χ3v) is 4.84. The molecule has 2 aromatic rings. The summed E-state index contributed by atoms with van der Waals surface area (Å²) in [6.45, 7) is 3.51. The number of aryl methyl sites for hydroxylation is 1. The number of nitriles is 1. The number of nitrogens with one attached hydrogen (secondary N) is 1. The molecule has 0 fully saturated rings. The van der Waals surface area contributed by atoms with Gasteiger partial charge >= 0.3 is 5.97 Å². The van der Waals surface area contributed by atoms with Crippen LogP contribution in [0.5, 0.6) is 0 Å². The van der Waals surface area contributed by atoms with Gasteiger partial charge in [0, 0.05) is 5.56 Å². The molecule has 0 unspecified atom stereocenters. The summed E-state index contributed by atoms with van der Waals surface area (Å²) in [5.74, 6) is -0.888. The molecule has 0 spiro atoms. The SMILES string of the molecule is CCOC(=O)/C(C#N)=C(\NS(=O)(=O)c1ccc(C)cc1)c1ccccc1. The van der Waals surface area contributed by atoms with Crippen molar-refractivity contribution in [2.45, 2.75) is 18.7 Å². The van der Waals surface area contributed by atoms with Crippen molar-refractivity contribution < 1.29 is 17.9 Å². The lowest BCUT2D eigenvalue weighted by Gasteiger charge is -2.14. The lowest BCUT2D eigenvalue weighted by molar-refractivity contribution is -0.137. The molecular formula is C19H18N2O4S. The predicted octanol–water partition coefficient (Wildman–Crippen LogP) is 2.77. The van der Waals surface area contributed by atoms with E-state index in [4.69, 9.17) is 4.74 Å². The number of esters is 1. The van der Waals surface area contributed by atoms with Crippen molar-refractivity contribution in [1.82, 2.24) is 4.72 Å². The van der Waals surface area contributed by atoms with Crippen LogP contribution in [-0.2, 0) is 19.6 Å². The third kappa shape index (κ3) is 4.49. The van der Waals surface area contributed by atoms with Crippen molar-refractivity contribution in [1.29, 1.82) is 5.26 Å². The van der Waals surface area contributed by atoms with Crippen LogP contribution in [0.1, 0.15) is 18.1 Å². The van der Waals surface area contributed by atoms with Gasteiger partial charge in [-0.3, -0.25) is 4.72 Å². The highest BCUT2D eigenvalue weighted by atomic mass is 32.2. The molecular weight excluding hydrogens is 352 g/mol. The van der Waals surface area contributed by atoms with Crippen molar-refractivity contribution in [2.24, 2.45) is 0 Å². The van der Waals surface area contributed by atoms with Crippen LogP contribution in [-0.4, -0.2) is 21.0 Å². The topological polar surface area (TPSA) is 96.3 Å². The largest absolute Gasteiger partial charge is 0.462 e. The summed E-state index contributed by atoms with van der Waals surface area (Å²) in [7, 11) is -3.99. The number of benzene rings is 2. The molecule has 2 rings (SSSR count). The second-order valence-electron chi connectivity index (χ2n) is 5.37. The quantitative estimate of drug-likeness (QED) is 0.479. The maximum absolute atomic E-state index is 12.7. The van der Waals surface area contributed by atoms with Crippen LogP contribution in [0.4, 0.5) is 0 Å². The van der Waals surface area contributed by atoms with E-state index in [0.29, 0.717) is 5.56 Å². The van der Waals surface area contributed by atoms with Crippen molar-refractivity contribution in [3.05, 3.63) is 71.3 Å². The molecule has 0 radical (unpaired) electrons. The summed E-state index contributed by atoms with van der Waals surface area (Å²) >= 11 is 0. The average molecular weight is 370 g/mol. The molecule has 0 saturated carbocycles. The molecule has 0 aliphatic rings. The van der Waals surface area contributed by atoms with Crippen LogP contribution in [0.3, 0.4) is 0 Å². The summed E-state index contributed by atoms with van der Waals surface area (Å²) in [5, 5.41) is 9.42. The highest BCUT2D eigenvalue weighted by Crippen LogP contribution is 2.21. The summed E-state index contributed by atoms with van der Waals surface area (Å²) < 4.78 is 32.7. The molecule has 6 nitrogen and oxygen atoms in total. The molecule has 0 saturated heterocycles. The van der Waals surface area contributed by atoms with Gasteiger partial charge in [0.2, 0.25) is 0 Å². The fourth-order valence-electron chi connectivity index (χ4n) is 2.18. The molecule has 7 heteroatoms. The van der Waals surface area contributed by atoms with Crippen molar-refractivity contribution in [3.63, 3.8) is 0 Å². The number of ether oxygens (including phenoxy) is 1. The Hall–Kier alpha value is -3.11.